The van der Waals surface area contributed by atoms with Crippen molar-refractivity contribution >= 4 is 35.0 Å². The number of hydrogen-bond donors (Lipinski definition) is 2. The number of amides is 3. The molecule has 3 aliphatic heterocycles. The number of benzene rings is 2. The number of halogens is 1. The maximum Gasteiger partial charge on any atom is 0.246 e. The van der Waals surface area contributed by atoms with Crippen LogP contribution in [0, 0.1) is 11.8 Å². The van der Waals surface area contributed by atoms with Gasteiger partial charge in [-0.05, 0) is 57.5 Å². The van der Waals surface area contributed by atoms with Crippen molar-refractivity contribution < 1.29 is 19.1 Å². The Balaban J connectivity index is 1.54. The average Bonchev–Trinajstić information content (AvgIpc) is 3.36. The van der Waals surface area contributed by atoms with Crippen LogP contribution in [0.1, 0.15) is 33.3 Å². The molecule has 7 nitrogen and oxygen atoms in total. The van der Waals surface area contributed by atoms with Crippen molar-refractivity contribution in [1.82, 2.24) is 10.2 Å². The summed E-state index contributed by atoms with van der Waals surface area (Å²) in [5, 5.41) is 6.55. The first-order valence-corrected chi connectivity index (χ1v) is 12.4. The molecule has 3 heterocycles. The number of hydrogen-bond acceptors (Lipinski definition) is 4. The van der Waals surface area contributed by atoms with Crippen LogP contribution in [-0.2, 0) is 25.7 Å². The molecule has 5 atom stereocenters. The minimum absolute atomic E-state index is 0.192. The zero-order chi connectivity index (χ0) is 25.9. The molecule has 3 amide bonds. The Bertz CT molecular complexity index is 1240. The van der Waals surface area contributed by atoms with E-state index in [1.807, 2.05) is 63.3 Å². The number of nitrogens with zero attached hydrogens (tertiary/aromatic N) is 1. The second-order valence-corrected chi connectivity index (χ2v) is 11.5. The Kier molecular flexibility index (Phi) is 5.76. The lowest BCUT2D eigenvalue weighted by molar-refractivity contribution is -0.145. The van der Waals surface area contributed by atoms with Gasteiger partial charge in [0.2, 0.25) is 17.7 Å². The Labute approximate surface area is 215 Å². The molecule has 0 aliphatic carbocycles. The number of fused-ring (bicyclic) bond motifs is 1. The summed E-state index contributed by atoms with van der Waals surface area (Å²) >= 11 is 6.05. The van der Waals surface area contributed by atoms with Gasteiger partial charge in [-0.25, -0.2) is 0 Å². The highest BCUT2D eigenvalue weighted by molar-refractivity contribution is 6.30. The molecule has 2 N–H and O–H groups in total. The second-order valence-electron chi connectivity index (χ2n) is 11.0. The molecular formula is C28H30ClN3O4. The lowest BCUT2D eigenvalue weighted by Crippen LogP contribution is -2.57. The van der Waals surface area contributed by atoms with Crippen molar-refractivity contribution in [2.24, 2.45) is 11.8 Å². The fourth-order valence-corrected chi connectivity index (χ4v) is 5.89. The Hall–Kier alpha value is -3.16. The summed E-state index contributed by atoms with van der Waals surface area (Å²) in [4.78, 5) is 42.9. The largest absolute Gasteiger partial charge is 0.356 e. The molecule has 0 aromatic heterocycles. The minimum atomic E-state index is -1.24. The van der Waals surface area contributed by atoms with Gasteiger partial charge < -0.3 is 20.3 Å². The fraction of sp³-hybridized carbons (Fsp3) is 0.393. The number of anilines is 1. The summed E-state index contributed by atoms with van der Waals surface area (Å²) < 4.78 is 6.53. The first-order chi connectivity index (χ1) is 16.9. The van der Waals surface area contributed by atoms with Crippen molar-refractivity contribution in [3.63, 3.8) is 0 Å². The van der Waals surface area contributed by atoms with Crippen molar-refractivity contribution in [2.75, 3.05) is 5.32 Å². The Morgan fingerprint density at radius 3 is 2.33 bits per heavy atom. The predicted molar refractivity (Wildman–Crippen MR) is 137 cm³/mol. The average molecular weight is 508 g/mol. The molecule has 0 saturated carbocycles. The van der Waals surface area contributed by atoms with E-state index in [-0.39, 0.29) is 24.3 Å². The first kappa shape index (κ1) is 24.5. The third-order valence-corrected chi connectivity index (χ3v) is 7.39. The topological polar surface area (TPSA) is 87.7 Å². The first-order valence-electron chi connectivity index (χ1n) is 12.1. The Morgan fingerprint density at radius 2 is 1.69 bits per heavy atom. The van der Waals surface area contributed by atoms with Crippen LogP contribution in [-0.4, -0.2) is 45.4 Å². The molecule has 2 fully saturated rings. The van der Waals surface area contributed by atoms with E-state index in [1.165, 1.54) is 0 Å². The van der Waals surface area contributed by atoms with E-state index in [0.717, 1.165) is 5.56 Å². The summed E-state index contributed by atoms with van der Waals surface area (Å²) in [5.74, 6) is -2.53. The molecule has 188 valence electrons. The highest BCUT2D eigenvalue weighted by atomic mass is 35.5. The van der Waals surface area contributed by atoms with Crippen LogP contribution in [0.15, 0.2) is 66.7 Å². The Morgan fingerprint density at radius 1 is 1.03 bits per heavy atom. The van der Waals surface area contributed by atoms with Gasteiger partial charge in [0, 0.05) is 22.8 Å². The van der Waals surface area contributed by atoms with Crippen LogP contribution in [0.4, 0.5) is 5.69 Å². The molecule has 36 heavy (non-hydrogen) atoms. The molecule has 5 rings (SSSR count). The van der Waals surface area contributed by atoms with Crippen LogP contribution in [0.5, 0.6) is 0 Å². The zero-order valence-corrected chi connectivity index (χ0v) is 21.5. The van der Waals surface area contributed by atoms with E-state index >= 15 is 0 Å². The lowest BCUT2D eigenvalue weighted by atomic mass is 9.70. The summed E-state index contributed by atoms with van der Waals surface area (Å²) in [6.07, 6.45) is 3.64. The highest BCUT2D eigenvalue weighted by Crippen LogP contribution is 2.60. The molecule has 3 aliphatic rings. The van der Waals surface area contributed by atoms with Crippen molar-refractivity contribution in [1.29, 1.82) is 0 Å². The van der Waals surface area contributed by atoms with Gasteiger partial charge in [0.1, 0.15) is 11.6 Å². The van der Waals surface area contributed by atoms with Crippen molar-refractivity contribution in [3.05, 3.63) is 77.3 Å². The van der Waals surface area contributed by atoms with Gasteiger partial charge in [0.15, 0.2) is 0 Å². The lowest BCUT2D eigenvalue weighted by Gasteiger charge is -2.35. The number of para-hydroxylation sites is 1. The second kappa shape index (κ2) is 8.46. The molecule has 2 aromatic rings. The molecule has 2 aromatic carbocycles. The standard InChI is InChI=1S/C28H30ClN3O4/c1-26(2,3)31-24(34)22-28-15-14-27(4,36-28)20(23(33)30-19-8-6-5-7-9-19)21(28)25(35)32(22)16-17-10-12-18(29)13-11-17/h5-15,20-22H,16H2,1-4H3,(H,30,33)(H,31,34)/t20-,21+,22-,27+,28-/m0/s1. The number of nitrogens with one attached hydrogen (secondary N) is 2. The van der Waals surface area contributed by atoms with Gasteiger partial charge in [-0.2, -0.15) is 0 Å². The van der Waals surface area contributed by atoms with Crippen molar-refractivity contribution in [3.8, 4) is 0 Å². The number of carbonyl (C=O) groups is 3. The number of carbonyl (C=O) groups excluding carboxylic acids is 3. The minimum Gasteiger partial charge on any atom is -0.356 e. The van der Waals surface area contributed by atoms with Crippen LogP contribution >= 0.6 is 11.6 Å². The van der Waals surface area contributed by atoms with Gasteiger partial charge in [0.25, 0.3) is 0 Å². The normalized spacial score (nSPS) is 30.4. The molecule has 0 radical (unpaired) electrons. The van der Waals surface area contributed by atoms with E-state index < -0.39 is 34.6 Å². The molecule has 2 saturated heterocycles. The molecule has 2 bridgehead atoms. The van der Waals surface area contributed by atoms with E-state index in [2.05, 4.69) is 10.6 Å². The number of rotatable bonds is 5. The fourth-order valence-electron chi connectivity index (χ4n) is 5.77. The van der Waals surface area contributed by atoms with Gasteiger partial charge in [-0.3, -0.25) is 14.4 Å². The van der Waals surface area contributed by atoms with E-state index in [4.69, 9.17) is 16.3 Å². The van der Waals surface area contributed by atoms with Gasteiger partial charge in [0.05, 0.1) is 17.4 Å². The van der Waals surface area contributed by atoms with Crippen LogP contribution in [0.2, 0.25) is 5.02 Å². The van der Waals surface area contributed by atoms with Gasteiger partial charge in [-0.15, -0.1) is 0 Å². The molecule has 0 unspecified atom stereocenters. The van der Waals surface area contributed by atoms with Gasteiger partial charge >= 0.3 is 0 Å². The third kappa shape index (κ3) is 4.00. The van der Waals surface area contributed by atoms with Crippen LogP contribution < -0.4 is 10.6 Å². The molecule has 1 spiro atoms. The van der Waals surface area contributed by atoms with E-state index in [1.54, 1.807) is 36.1 Å². The van der Waals surface area contributed by atoms with Crippen LogP contribution in [0.25, 0.3) is 0 Å². The maximum atomic E-state index is 14.1. The smallest absolute Gasteiger partial charge is 0.246 e. The SMILES string of the molecule is CC(C)(C)NC(=O)[C@@H]1N(Cc2ccc(Cl)cc2)C(=O)[C@H]2[C@@H](C(=O)Nc3ccccc3)[C@@]3(C)C=C[C@@]12O3. The molecular weight excluding hydrogens is 478 g/mol. The zero-order valence-electron chi connectivity index (χ0n) is 20.7. The van der Waals surface area contributed by atoms with Gasteiger partial charge in [-0.1, -0.05) is 54.1 Å². The molecule has 8 heteroatoms. The maximum absolute atomic E-state index is 14.1. The monoisotopic (exact) mass is 507 g/mol. The van der Waals surface area contributed by atoms with Crippen molar-refractivity contribution in [2.45, 2.75) is 57.0 Å². The summed E-state index contributed by atoms with van der Waals surface area (Å²) in [6, 6.07) is 15.3. The number of likely N-dealkylation sites (tertiary alicyclic amines) is 1. The summed E-state index contributed by atoms with van der Waals surface area (Å²) in [7, 11) is 0. The quantitative estimate of drug-likeness (QED) is 0.600. The van der Waals surface area contributed by atoms with E-state index in [9.17, 15) is 14.4 Å². The third-order valence-electron chi connectivity index (χ3n) is 7.13. The highest BCUT2D eigenvalue weighted by Gasteiger charge is 2.76. The summed E-state index contributed by atoms with van der Waals surface area (Å²) in [5.41, 5.74) is -1.31. The predicted octanol–water partition coefficient (Wildman–Crippen LogP) is 3.93. The summed E-state index contributed by atoms with van der Waals surface area (Å²) in [6.45, 7) is 7.67. The van der Waals surface area contributed by atoms with E-state index in [0.29, 0.717) is 10.7 Å². The number of ether oxygens (including phenoxy) is 1. The van der Waals surface area contributed by atoms with Crippen LogP contribution in [0.3, 0.4) is 0 Å².